The number of nitrogens with zero attached hydrogens (tertiary/aromatic N) is 3. The van der Waals surface area contributed by atoms with E-state index in [4.69, 9.17) is 4.99 Å². The maximum Gasteiger partial charge on any atom is 0.125 e. The Morgan fingerprint density at radius 2 is 2.05 bits per heavy atom. The molecule has 1 aromatic carbocycles. The molecule has 0 saturated carbocycles. The Labute approximate surface area is 131 Å². The number of aliphatic imine (C=N–C) groups is 1. The summed E-state index contributed by atoms with van der Waals surface area (Å²) in [5.41, 5.74) is 2.88. The summed E-state index contributed by atoms with van der Waals surface area (Å²) in [7, 11) is 0. The van der Waals surface area contributed by atoms with Crippen molar-refractivity contribution in [2.45, 2.75) is 26.7 Å². The summed E-state index contributed by atoms with van der Waals surface area (Å²) in [5.74, 6) is 0.754. The predicted molar refractivity (Wildman–Crippen MR) is 88.3 cm³/mol. The first-order valence-electron chi connectivity index (χ1n) is 8.08. The third-order valence-corrected chi connectivity index (χ3v) is 4.05. The molecule has 0 aromatic heterocycles. The predicted octanol–water partition coefficient (Wildman–Crippen LogP) is 3.15. The minimum Gasteiger partial charge on any atom is -0.314 e. The van der Waals surface area contributed by atoms with Crippen molar-refractivity contribution in [2.24, 2.45) is 4.99 Å². The summed E-state index contributed by atoms with van der Waals surface area (Å²) in [6, 6.07) is 4.89. The first-order chi connectivity index (χ1) is 10.7. The molecule has 1 saturated heterocycles. The summed E-state index contributed by atoms with van der Waals surface area (Å²) in [4.78, 5) is 4.71. The highest BCUT2D eigenvalue weighted by molar-refractivity contribution is 5.97. The molecule has 0 spiro atoms. The van der Waals surface area contributed by atoms with Crippen LogP contribution in [-0.4, -0.2) is 42.0 Å². The van der Waals surface area contributed by atoms with Gasteiger partial charge in [0.1, 0.15) is 11.7 Å². The standard InChI is InChI=1S/C17H23FN4/c1-3-5-16-14-7-6-13(18)12-15(14)20-17(4-2)22(16)21-10-8-19-9-11-21/h5-7,12,19H,3-4,8-11H2,1-2H3/b16-5+. The topological polar surface area (TPSA) is 30.9 Å². The number of halogens is 1. The Morgan fingerprint density at radius 3 is 2.73 bits per heavy atom. The molecule has 0 amide bonds. The summed E-state index contributed by atoms with van der Waals surface area (Å²) in [5, 5.41) is 7.96. The van der Waals surface area contributed by atoms with Crippen molar-refractivity contribution >= 4 is 17.2 Å². The van der Waals surface area contributed by atoms with Crippen molar-refractivity contribution < 1.29 is 4.39 Å². The molecule has 0 bridgehead atoms. The molecule has 118 valence electrons. The number of hydrogen-bond donors (Lipinski definition) is 1. The van der Waals surface area contributed by atoms with Gasteiger partial charge in [-0.2, -0.15) is 0 Å². The fourth-order valence-corrected chi connectivity index (χ4v) is 3.04. The Balaban J connectivity index is 2.08. The van der Waals surface area contributed by atoms with Crippen LogP contribution >= 0.6 is 0 Å². The van der Waals surface area contributed by atoms with E-state index >= 15 is 0 Å². The lowest BCUT2D eigenvalue weighted by Gasteiger charge is -2.42. The van der Waals surface area contributed by atoms with Gasteiger partial charge >= 0.3 is 0 Å². The van der Waals surface area contributed by atoms with E-state index in [2.05, 4.69) is 35.3 Å². The molecule has 2 aliphatic rings. The van der Waals surface area contributed by atoms with E-state index in [1.165, 1.54) is 12.1 Å². The zero-order valence-corrected chi connectivity index (χ0v) is 13.3. The minimum atomic E-state index is -0.232. The average molecular weight is 302 g/mol. The zero-order valence-electron chi connectivity index (χ0n) is 13.3. The van der Waals surface area contributed by atoms with Crippen LogP contribution in [0.4, 0.5) is 10.1 Å². The van der Waals surface area contributed by atoms with Crippen LogP contribution in [0.15, 0.2) is 29.3 Å². The van der Waals surface area contributed by atoms with Crippen LogP contribution in [0.2, 0.25) is 0 Å². The van der Waals surface area contributed by atoms with E-state index in [0.717, 1.165) is 61.8 Å². The average Bonchev–Trinajstić information content (AvgIpc) is 2.55. The first kappa shape index (κ1) is 15.2. The molecule has 22 heavy (non-hydrogen) atoms. The fraction of sp³-hybridized carbons (Fsp3) is 0.471. The summed E-state index contributed by atoms with van der Waals surface area (Å²) in [6.45, 7) is 8.09. The lowest BCUT2D eigenvalue weighted by atomic mass is 10.1. The smallest absolute Gasteiger partial charge is 0.125 e. The highest BCUT2D eigenvalue weighted by atomic mass is 19.1. The van der Waals surface area contributed by atoms with Crippen molar-refractivity contribution in [1.82, 2.24) is 15.3 Å². The Morgan fingerprint density at radius 1 is 1.27 bits per heavy atom. The van der Waals surface area contributed by atoms with Crippen LogP contribution in [0, 0.1) is 5.82 Å². The summed E-state index contributed by atoms with van der Waals surface area (Å²) < 4.78 is 13.6. The van der Waals surface area contributed by atoms with Crippen molar-refractivity contribution in [3.05, 3.63) is 35.7 Å². The van der Waals surface area contributed by atoms with Gasteiger partial charge in [-0.05, 0) is 18.6 Å². The van der Waals surface area contributed by atoms with Gasteiger partial charge in [0, 0.05) is 44.2 Å². The number of fused-ring (bicyclic) bond motifs is 1. The summed E-state index contributed by atoms with van der Waals surface area (Å²) in [6.07, 6.45) is 3.97. The van der Waals surface area contributed by atoms with E-state index in [0.29, 0.717) is 0 Å². The van der Waals surface area contributed by atoms with E-state index in [9.17, 15) is 4.39 Å². The normalized spacial score (nSPS) is 21.0. The highest BCUT2D eigenvalue weighted by Gasteiger charge is 2.29. The molecule has 0 atom stereocenters. The molecule has 0 unspecified atom stereocenters. The number of amidine groups is 1. The van der Waals surface area contributed by atoms with E-state index in [-0.39, 0.29) is 5.82 Å². The Hall–Kier alpha value is -1.72. The van der Waals surface area contributed by atoms with Gasteiger partial charge in [0.15, 0.2) is 0 Å². The third kappa shape index (κ3) is 2.78. The van der Waals surface area contributed by atoms with Gasteiger partial charge in [-0.15, -0.1) is 0 Å². The second kappa shape index (κ2) is 6.58. The number of rotatable bonds is 3. The van der Waals surface area contributed by atoms with Crippen LogP contribution in [0.3, 0.4) is 0 Å². The van der Waals surface area contributed by atoms with Crippen LogP contribution in [0.25, 0.3) is 5.70 Å². The molecule has 1 aromatic rings. The van der Waals surface area contributed by atoms with Gasteiger partial charge in [-0.1, -0.05) is 19.9 Å². The maximum absolute atomic E-state index is 13.6. The van der Waals surface area contributed by atoms with Crippen LogP contribution in [0.5, 0.6) is 0 Å². The van der Waals surface area contributed by atoms with E-state index in [1.807, 2.05) is 6.07 Å². The van der Waals surface area contributed by atoms with Gasteiger partial charge in [0.05, 0.1) is 11.4 Å². The third-order valence-electron chi connectivity index (χ3n) is 4.05. The van der Waals surface area contributed by atoms with Gasteiger partial charge in [0.2, 0.25) is 0 Å². The summed E-state index contributed by atoms with van der Waals surface area (Å²) >= 11 is 0. The number of piperazine rings is 1. The first-order valence-corrected chi connectivity index (χ1v) is 8.08. The second-order valence-electron chi connectivity index (χ2n) is 5.56. The lowest BCUT2D eigenvalue weighted by Crippen LogP contribution is -2.54. The van der Waals surface area contributed by atoms with E-state index < -0.39 is 0 Å². The van der Waals surface area contributed by atoms with Crippen LogP contribution in [-0.2, 0) is 0 Å². The molecule has 0 aliphatic carbocycles. The number of nitrogens with one attached hydrogen (secondary N) is 1. The number of benzene rings is 1. The van der Waals surface area contributed by atoms with Crippen LogP contribution < -0.4 is 5.32 Å². The van der Waals surface area contributed by atoms with Gasteiger partial charge < -0.3 is 5.32 Å². The quantitative estimate of drug-likeness (QED) is 0.930. The van der Waals surface area contributed by atoms with Gasteiger partial charge in [-0.25, -0.2) is 14.4 Å². The zero-order chi connectivity index (χ0) is 15.5. The van der Waals surface area contributed by atoms with Gasteiger partial charge in [0.25, 0.3) is 0 Å². The SMILES string of the molecule is CC/C=C1\c2ccc(F)cc2N=C(CC)N1N1CCNCC1. The molecule has 0 radical (unpaired) electrons. The molecule has 2 heterocycles. The molecule has 3 rings (SSSR count). The van der Waals surface area contributed by atoms with Gasteiger partial charge in [-0.3, -0.25) is 5.01 Å². The van der Waals surface area contributed by atoms with Crippen molar-refractivity contribution in [3.8, 4) is 0 Å². The maximum atomic E-state index is 13.6. The van der Waals surface area contributed by atoms with Crippen molar-refractivity contribution in [1.29, 1.82) is 0 Å². The fourth-order valence-electron chi connectivity index (χ4n) is 3.04. The van der Waals surface area contributed by atoms with Crippen molar-refractivity contribution in [2.75, 3.05) is 26.2 Å². The molecule has 1 N–H and O–H groups in total. The minimum absolute atomic E-state index is 0.232. The highest BCUT2D eigenvalue weighted by Crippen LogP contribution is 2.36. The second-order valence-corrected chi connectivity index (χ2v) is 5.56. The molecule has 4 nitrogen and oxygen atoms in total. The molecule has 1 fully saturated rings. The monoisotopic (exact) mass is 302 g/mol. The number of allylic oxidation sites excluding steroid dienone is 1. The molecule has 5 heteroatoms. The Kier molecular flexibility index (Phi) is 4.55. The molecular formula is C17H23FN4. The molecule has 2 aliphatic heterocycles. The lowest BCUT2D eigenvalue weighted by molar-refractivity contribution is 0.0817. The van der Waals surface area contributed by atoms with E-state index in [1.54, 1.807) is 0 Å². The number of hydrogen-bond acceptors (Lipinski definition) is 4. The largest absolute Gasteiger partial charge is 0.314 e. The Bertz CT molecular complexity index is 603. The van der Waals surface area contributed by atoms with Crippen LogP contribution in [0.1, 0.15) is 32.3 Å². The number of hydrazine groups is 1. The molecular weight excluding hydrogens is 279 g/mol. The van der Waals surface area contributed by atoms with Crippen molar-refractivity contribution in [3.63, 3.8) is 0 Å².